The molecular formula is C14H13Cl2N3O. The van der Waals surface area contributed by atoms with Gasteiger partial charge in [-0.15, -0.1) is 0 Å². The summed E-state index contributed by atoms with van der Waals surface area (Å²) in [6, 6.07) is 3.73. The van der Waals surface area contributed by atoms with Gasteiger partial charge in [0.25, 0.3) is 5.91 Å². The molecule has 0 saturated carbocycles. The van der Waals surface area contributed by atoms with Crippen molar-refractivity contribution in [3.05, 3.63) is 58.1 Å². The second kappa shape index (κ2) is 6.68. The van der Waals surface area contributed by atoms with Crippen LogP contribution in [0.3, 0.4) is 0 Å². The summed E-state index contributed by atoms with van der Waals surface area (Å²) in [4.78, 5) is 22.0. The maximum absolute atomic E-state index is 12.5. The Balaban J connectivity index is 2.26. The van der Waals surface area contributed by atoms with E-state index in [2.05, 4.69) is 9.97 Å². The van der Waals surface area contributed by atoms with Crippen molar-refractivity contribution in [3.8, 4) is 0 Å². The van der Waals surface area contributed by atoms with Gasteiger partial charge in [0.05, 0.1) is 15.6 Å². The van der Waals surface area contributed by atoms with Crippen LogP contribution in [0.15, 0.2) is 36.9 Å². The number of halogens is 2. The van der Waals surface area contributed by atoms with E-state index in [1.54, 1.807) is 17.3 Å². The van der Waals surface area contributed by atoms with E-state index < -0.39 is 0 Å². The Hall–Kier alpha value is -1.65. The van der Waals surface area contributed by atoms with E-state index in [0.29, 0.717) is 18.7 Å². The van der Waals surface area contributed by atoms with E-state index in [-0.39, 0.29) is 16.0 Å². The van der Waals surface area contributed by atoms with Gasteiger partial charge in [0.15, 0.2) is 0 Å². The number of rotatable bonds is 4. The van der Waals surface area contributed by atoms with Gasteiger partial charge in [-0.05, 0) is 24.6 Å². The number of amides is 1. The fraction of sp³-hybridized carbons (Fsp3) is 0.214. The molecule has 0 atom stereocenters. The van der Waals surface area contributed by atoms with Crippen molar-refractivity contribution in [2.24, 2.45) is 0 Å². The maximum Gasteiger partial charge on any atom is 0.257 e. The van der Waals surface area contributed by atoms with Crippen LogP contribution in [-0.2, 0) is 6.54 Å². The van der Waals surface area contributed by atoms with Crippen molar-refractivity contribution in [3.63, 3.8) is 0 Å². The van der Waals surface area contributed by atoms with Crippen LogP contribution in [0, 0.1) is 0 Å². The zero-order valence-electron chi connectivity index (χ0n) is 10.9. The molecule has 0 aliphatic heterocycles. The van der Waals surface area contributed by atoms with E-state index in [4.69, 9.17) is 23.2 Å². The van der Waals surface area contributed by atoms with Crippen LogP contribution < -0.4 is 0 Å². The average molecular weight is 310 g/mol. The molecule has 2 rings (SSSR count). The zero-order chi connectivity index (χ0) is 14.5. The Morgan fingerprint density at radius 3 is 2.30 bits per heavy atom. The molecular weight excluding hydrogens is 297 g/mol. The molecule has 20 heavy (non-hydrogen) atoms. The number of pyridine rings is 2. The van der Waals surface area contributed by atoms with Gasteiger partial charge in [-0.1, -0.05) is 23.2 Å². The van der Waals surface area contributed by atoms with Crippen molar-refractivity contribution < 1.29 is 4.79 Å². The monoisotopic (exact) mass is 309 g/mol. The van der Waals surface area contributed by atoms with E-state index >= 15 is 0 Å². The van der Waals surface area contributed by atoms with Gasteiger partial charge in [0, 0.05) is 37.9 Å². The van der Waals surface area contributed by atoms with Gasteiger partial charge in [0.2, 0.25) is 0 Å². The van der Waals surface area contributed by atoms with Crippen LogP contribution in [0.25, 0.3) is 0 Å². The third-order valence-electron chi connectivity index (χ3n) is 2.86. The minimum Gasteiger partial charge on any atom is -0.335 e. The first-order valence-electron chi connectivity index (χ1n) is 6.10. The van der Waals surface area contributed by atoms with Crippen molar-refractivity contribution in [1.29, 1.82) is 0 Å². The van der Waals surface area contributed by atoms with Gasteiger partial charge in [-0.3, -0.25) is 14.8 Å². The SMILES string of the molecule is CCN(Cc1ccncc1)C(=O)c1c(Cl)cncc1Cl. The van der Waals surface area contributed by atoms with E-state index in [1.807, 2.05) is 19.1 Å². The van der Waals surface area contributed by atoms with E-state index in [0.717, 1.165) is 5.56 Å². The third-order valence-corrected chi connectivity index (χ3v) is 3.43. The summed E-state index contributed by atoms with van der Waals surface area (Å²) in [5, 5.41) is 0.520. The first-order chi connectivity index (χ1) is 9.63. The van der Waals surface area contributed by atoms with Crippen LogP contribution >= 0.6 is 23.2 Å². The first-order valence-corrected chi connectivity index (χ1v) is 6.86. The normalized spacial score (nSPS) is 10.3. The molecule has 0 fully saturated rings. The molecule has 0 aliphatic rings. The molecule has 104 valence electrons. The summed E-state index contributed by atoms with van der Waals surface area (Å²) >= 11 is 12.0. The van der Waals surface area contributed by atoms with Gasteiger partial charge in [0.1, 0.15) is 0 Å². The van der Waals surface area contributed by atoms with Gasteiger partial charge in [-0.2, -0.15) is 0 Å². The fourth-order valence-corrected chi connectivity index (χ4v) is 2.34. The van der Waals surface area contributed by atoms with Crippen LogP contribution in [0.4, 0.5) is 0 Å². The minimum atomic E-state index is -0.207. The summed E-state index contributed by atoms with van der Waals surface area (Å²) in [5.74, 6) is -0.207. The highest BCUT2D eigenvalue weighted by atomic mass is 35.5. The summed E-state index contributed by atoms with van der Waals surface area (Å²) < 4.78 is 0. The number of hydrogen-bond donors (Lipinski definition) is 0. The Labute approximate surface area is 127 Å². The number of carbonyl (C=O) groups is 1. The number of nitrogens with zero attached hydrogens (tertiary/aromatic N) is 3. The smallest absolute Gasteiger partial charge is 0.257 e. The lowest BCUT2D eigenvalue weighted by molar-refractivity contribution is 0.0753. The van der Waals surface area contributed by atoms with Crippen LogP contribution in [0.2, 0.25) is 10.0 Å². The van der Waals surface area contributed by atoms with E-state index in [9.17, 15) is 4.79 Å². The maximum atomic E-state index is 12.5. The minimum absolute atomic E-state index is 0.207. The van der Waals surface area contributed by atoms with Gasteiger partial charge < -0.3 is 4.90 Å². The average Bonchev–Trinajstić information content (AvgIpc) is 2.45. The molecule has 6 heteroatoms. The number of aromatic nitrogens is 2. The van der Waals surface area contributed by atoms with Crippen LogP contribution in [-0.4, -0.2) is 27.3 Å². The Morgan fingerprint density at radius 1 is 1.15 bits per heavy atom. The molecule has 2 heterocycles. The molecule has 0 aromatic carbocycles. The van der Waals surface area contributed by atoms with Crippen molar-refractivity contribution in [2.45, 2.75) is 13.5 Å². The van der Waals surface area contributed by atoms with Gasteiger partial charge >= 0.3 is 0 Å². The topological polar surface area (TPSA) is 46.1 Å². The first kappa shape index (κ1) is 14.8. The summed E-state index contributed by atoms with van der Waals surface area (Å²) in [6.07, 6.45) is 6.22. The van der Waals surface area contributed by atoms with Crippen molar-refractivity contribution >= 4 is 29.1 Å². The second-order valence-electron chi connectivity index (χ2n) is 4.15. The molecule has 4 nitrogen and oxygen atoms in total. The molecule has 0 N–H and O–H groups in total. The predicted octanol–water partition coefficient (Wildman–Crippen LogP) is 3.45. The Kier molecular flexibility index (Phi) is 4.93. The molecule has 2 aromatic heterocycles. The number of hydrogen-bond acceptors (Lipinski definition) is 3. The zero-order valence-corrected chi connectivity index (χ0v) is 12.4. The Morgan fingerprint density at radius 2 is 1.75 bits per heavy atom. The van der Waals surface area contributed by atoms with Crippen molar-refractivity contribution in [1.82, 2.24) is 14.9 Å². The molecule has 0 aliphatic carbocycles. The third kappa shape index (κ3) is 3.26. The van der Waals surface area contributed by atoms with E-state index in [1.165, 1.54) is 12.4 Å². The lowest BCUT2D eigenvalue weighted by atomic mass is 10.2. The van der Waals surface area contributed by atoms with Crippen LogP contribution in [0.1, 0.15) is 22.8 Å². The van der Waals surface area contributed by atoms with Crippen LogP contribution in [0.5, 0.6) is 0 Å². The fourth-order valence-electron chi connectivity index (χ4n) is 1.81. The highest BCUT2D eigenvalue weighted by Gasteiger charge is 2.20. The molecule has 0 unspecified atom stereocenters. The molecule has 0 bridgehead atoms. The summed E-state index contributed by atoms with van der Waals surface area (Å²) in [6.45, 7) is 2.94. The molecule has 0 radical (unpaired) electrons. The highest BCUT2D eigenvalue weighted by Crippen LogP contribution is 2.25. The van der Waals surface area contributed by atoms with Crippen molar-refractivity contribution in [2.75, 3.05) is 6.54 Å². The molecule has 1 amide bonds. The molecule has 0 saturated heterocycles. The number of carbonyl (C=O) groups excluding carboxylic acids is 1. The summed E-state index contributed by atoms with van der Waals surface area (Å²) in [7, 11) is 0. The molecule has 2 aromatic rings. The van der Waals surface area contributed by atoms with Gasteiger partial charge in [-0.25, -0.2) is 0 Å². The largest absolute Gasteiger partial charge is 0.335 e. The standard InChI is InChI=1S/C14H13Cl2N3O/c1-2-19(9-10-3-5-17-6-4-10)14(20)13-11(15)7-18-8-12(13)16/h3-8H,2,9H2,1H3. The summed E-state index contributed by atoms with van der Waals surface area (Å²) in [5.41, 5.74) is 1.29. The lowest BCUT2D eigenvalue weighted by Gasteiger charge is -2.22. The Bertz CT molecular complexity index is 584. The highest BCUT2D eigenvalue weighted by molar-refractivity contribution is 6.39. The second-order valence-corrected chi connectivity index (χ2v) is 4.97. The lowest BCUT2D eigenvalue weighted by Crippen LogP contribution is -2.30. The molecule has 0 spiro atoms. The predicted molar refractivity (Wildman–Crippen MR) is 78.9 cm³/mol. The quantitative estimate of drug-likeness (QED) is 0.869.